The van der Waals surface area contributed by atoms with Crippen LogP contribution in [0.15, 0.2) is 24.3 Å². The number of nitrogens with two attached hydrogens (primary N) is 1. The van der Waals surface area contributed by atoms with Crippen LogP contribution in [0, 0.1) is 11.8 Å². The molecule has 2 atom stereocenters. The smallest absolute Gasteiger partial charge is 0.349 e. The van der Waals surface area contributed by atoms with Crippen molar-refractivity contribution in [1.29, 1.82) is 0 Å². The fraction of sp³-hybridized carbons (Fsp3) is 0.579. The van der Waals surface area contributed by atoms with E-state index < -0.39 is 23.2 Å². The maximum Gasteiger partial charge on any atom is 0.416 e. The van der Waals surface area contributed by atoms with Crippen LogP contribution in [0.25, 0.3) is 0 Å². The summed E-state index contributed by atoms with van der Waals surface area (Å²) >= 11 is 0. The summed E-state index contributed by atoms with van der Waals surface area (Å²) in [7, 11) is 0. The molecule has 1 aromatic carbocycles. The molecule has 5 nitrogen and oxygen atoms in total. The van der Waals surface area contributed by atoms with Crippen LogP contribution in [0.3, 0.4) is 0 Å². The molecule has 1 aliphatic carbocycles. The SMILES string of the molecule is CC(CN)(NC(=O)C1CC(=O)N(Cc2cccc(C(F)(F)F)c2)C1)C1CC1. The minimum Gasteiger partial charge on any atom is -0.349 e. The summed E-state index contributed by atoms with van der Waals surface area (Å²) in [5.41, 5.74) is 5.00. The molecule has 3 N–H and O–H groups in total. The second-order valence-corrected chi connectivity index (χ2v) is 7.76. The minimum atomic E-state index is -4.43. The molecule has 3 rings (SSSR count). The molecule has 148 valence electrons. The number of benzene rings is 1. The lowest BCUT2D eigenvalue weighted by Gasteiger charge is -2.30. The molecular weight excluding hydrogens is 359 g/mol. The summed E-state index contributed by atoms with van der Waals surface area (Å²) in [6, 6.07) is 4.91. The highest BCUT2D eigenvalue weighted by molar-refractivity contribution is 5.89. The third kappa shape index (κ3) is 4.43. The normalized spacial score (nSPS) is 22.6. The summed E-state index contributed by atoms with van der Waals surface area (Å²) in [5, 5.41) is 2.99. The Bertz CT molecular complexity index is 733. The van der Waals surface area contributed by atoms with Crippen molar-refractivity contribution in [3.63, 3.8) is 0 Å². The van der Waals surface area contributed by atoms with E-state index in [1.807, 2.05) is 6.92 Å². The molecule has 0 aromatic heterocycles. The second kappa shape index (κ2) is 7.14. The maximum absolute atomic E-state index is 12.8. The quantitative estimate of drug-likeness (QED) is 0.792. The number of carbonyl (C=O) groups excluding carboxylic acids is 2. The van der Waals surface area contributed by atoms with Crippen LogP contribution in [-0.2, 0) is 22.3 Å². The van der Waals surface area contributed by atoms with Gasteiger partial charge in [-0.25, -0.2) is 0 Å². The minimum absolute atomic E-state index is 0.0588. The zero-order valence-corrected chi connectivity index (χ0v) is 15.2. The summed E-state index contributed by atoms with van der Waals surface area (Å²) < 4.78 is 38.5. The Hall–Kier alpha value is -2.09. The molecule has 0 radical (unpaired) electrons. The van der Waals surface area contributed by atoms with Crippen LogP contribution in [0.2, 0.25) is 0 Å². The van der Waals surface area contributed by atoms with Gasteiger partial charge >= 0.3 is 6.18 Å². The number of hydrogen-bond acceptors (Lipinski definition) is 3. The number of rotatable bonds is 6. The number of likely N-dealkylation sites (tertiary alicyclic amines) is 1. The number of amides is 2. The van der Waals surface area contributed by atoms with E-state index >= 15 is 0 Å². The molecule has 1 heterocycles. The van der Waals surface area contributed by atoms with Crippen molar-refractivity contribution >= 4 is 11.8 Å². The van der Waals surface area contributed by atoms with Gasteiger partial charge in [0.25, 0.3) is 0 Å². The molecule has 1 saturated carbocycles. The summed E-state index contributed by atoms with van der Waals surface area (Å²) in [4.78, 5) is 26.3. The van der Waals surface area contributed by atoms with E-state index in [2.05, 4.69) is 5.32 Å². The number of alkyl halides is 3. The van der Waals surface area contributed by atoms with Gasteiger partial charge in [-0.1, -0.05) is 12.1 Å². The Balaban J connectivity index is 1.63. The third-order valence-corrected chi connectivity index (χ3v) is 5.52. The van der Waals surface area contributed by atoms with Gasteiger partial charge < -0.3 is 16.0 Å². The van der Waals surface area contributed by atoms with Crippen molar-refractivity contribution in [3.05, 3.63) is 35.4 Å². The molecule has 8 heteroatoms. The highest BCUT2D eigenvalue weighted by atomic mass is 19.4. The zero-order chi connectivity index (χ0) is 19.8. The molecule has 1 saturated heterocycles. The van der Waals surface area contributed by atoms with Crippen molar-refractivity contribution in [2.75, 3.05) is 13.1 Å². The van der Waals surface area contributed by atoms with Gasteiger partial charge in [-0.3, -0.25) is 9.59 Å². The van der Waals surface area contributed by atoms with Crippen molar-refractivity contribution in [2.24, 2.45) is 17.6 Å². The van der Waals surface area contributed by atoms with Crippen LogP contribution >= 0.6 is 0 Å². The summed E-state index contributed by atoms with van der Waals surface area (Å²) in [6.45, 7) is 2.51. The van der Waals surface area contributed by atoms with Gasteiger partial charge in [0.1, 0.15) is 0 Å². The van der Waals surface area contributed by atoms with Gasteiger partial charge in [0.05, 0.1) is 17.0 Å². The van der Waals surface area contributed by atoms with Gasteiger partial charge in [0.15, 0.2) is 0 Å². The fourth-order valence-electron chi connectivity index (χ4n) is 3.59. The van der Waals surface area contributed by atoms with Gasteiger partial charge in [-0.15, -0.1) is 0 Å². The predicted octanol–water partition coefficient (Wildman–Crippen LogP) is 2.30. The number of carbonyl (C=O) groups is 2. The van der Waals surface area contributed by atoms with E-state index in [1.165, 1.54) is 11.0 Å². The molecule has 0 bridgehead atoms. The monoisotopic (exact) mass is 383 g/mol. The number of hydrogen-bond donors (Lipinski definition) is 2. The van der Waals surface area contributed by atoms with Crippen LogP contribution in [0.4, 0.5) is 13.2 Å². The van der Waals surface area contributed by atoms with E-state index in [0.717, 1.165) is 25.0 Å². The Kier molecular flexibility index (Phi) is 5.20. The summed E-state index contributed by atoms with van der Waals surface area (Å²) in [5.74, 6) is -0.583. The third-order valence-electron chi connectivity index (χ3n) is 5.52. The van der Waals surface area contributed by atoms with Crippen LogP contribution in [0.5, 0.6) is 0 Å². The van der Waals surface area contributed by atoms with Crippen molar-refractivity contribution in [1.82, 2.24) is 10.2 Å². The molecular formula is C19H24F3N3O2. The van der Waals surface area contributed by atoms with Crippen LogP contribution in [-0.4, -0.2) is 35.3 Å². The zero-order valence-electron chi connectivity index (χ0n) is 15.2. The predicted molar refractivity (Wildman–Crippen MR) is 93.3 cm³/mol. The van der Waals surface area contributed by atoms with Crippen molar-refractivity contribution in [2.45, 2.75) is 44.4 Å². The van der Waals surface area contributed by atoms with Gasteiger partial charge in [0.2, 0.25) is 11.8 Å². The molecule has 2 unspecified atom stereocenters. The Morgan fingerprint density at radius 1 is 1.33 bits per heavy atom. The van der Waals surface area contributed by atoms with Gasteiger partial charge in [-0.05, 0) is 43.4 Å². The Morgan fingerprint density at radius 3 is 2.63 bits per heavy atom. The molecule has 2 fully saturated rings. The first-order valence-corrected chi connectivity index (χ1v) is 9.08. The molecule has 1 aromatic rings. The van der Waals surface area contributed by atoms with Gasteiger partial charge in [-0.2, -0.15) is 13.2 Å². The highest BCUT2D eigenvalue weighted by Crippen LogP contribution is 2.39. The lowest BCUT2D eigenvalue weighted by atomic mass is 9.94. The first kappa shape index (κ1) is 19.7. The summed E-state index contributed by atoms with van der Waals surface area (Å²) in [6.07, 6.45) is -2.31. The average Bonchev–Trinajstić information content (AvgIpc) is 3.40. The van der Waals surface area contributed by atoms with E-state index in [9.17, 15) is 22.8 Å². The standard InChI is InChI=1S/C19H24F3N3O2/c1-18(11-23,14-5-6-14)24-17(27)13-8-16(26)25(10-13)9-12-3-2-4-15(7-12)19(20,21)22/h2-4,7,13-14H,5-6,8-11,23H2,1H3,(H,24,27). The molecule has 27 heavy (non-hydrogen) atoms. The Morgan fingerprint density at radius 2 is 2.04 bits per heavy atom. The van der Waals surface area contributed by atoms with E-state index in [4.69, 9.17) is 5.73 Å². The molecule has 2 amide bonds. The molecule has 2 aliphatic rings. The topological polar surface area (TPSA) is 75.4 Å². The average molecular weight is 383 g/mol. The van der Waals surface area contributed by atoms with Crippen molar-refractivity contribution in [3.8, 4) is 0 Å². The number of nitrogens with zero attached hydrogens (tertiary/aromatic N) is 1. The molecule has 0 spiro atoms. The second-order valence-electron chi connectivity index (χ2n) is 7.76. The van der Waals surface area contributed by atoms with Crippen LogP contribution < -0.4 is 11.1 Å². The lowest BCUT2D eigenvalue weighted by molar-refractivity contribution is -0.137. The number of halogens is 3. The van der Waals surface area contributed by atoms with Gasteiger partial charge in [0, 0.05) is 26.1 Å². The van der Waals surface area contributed by atoms with Crippen molar-refractivity contribution < 1.29 is 22.8 Å². The van der Waals surface area contributed by atoms with E-state index in [1.54, 1.807) is 6.07 Å². The molecule has 1 aliphatic heterocycles. The largest absolute Gasteiger partial charge is 0.416 e. The highest BCUT2D eigenvalue weighted by Gasteiger charge is 2.44. The first-order valence-electron chi connectivity index (χ1n) is 9.08. The van der Waals surface area contributed by atoms with E-state index in [0.29, 0.717) is 18.0 Å². The number of nitrogens with one attached hydrogen (secondary N) is 1. The fourth-order valence-corrected chi connectivity index (χ4v) is 3.59. The Labute approximate surface area is 156 Å². The first-order chi connectivity index (χ1) is 12.6. The maximum atomic E-state index is 12.8. The lowest BCUT2D eigenvalue weighted by Crippen LogP contribution is -2.54. The van der Waals surface area contributed by atoms with E-state index in [-0.39, 0.29) is 31.3 Å². The van der Waals surface area contributed by atoms with Crippen LogP contribution in [0.1, 0.15) is 37.3 Å².